The number of para-hydroxylation sites is 4. The lowest BCUT2D eigenvalue weighted by Crippen LogP contribution is -2.61. The molecule has 0 aromatic heterocycles. The van der Waals surface area contributed by atoms with E-state index in [1.807, 2.05) is 0 Å². The van der Waals surface area contributed by atoms with Crippen molar-refractivity contribution < 1.29 is 38.6 Å². The third-order valence-corrected chi connectivity index (χ3v) is 9.32. The van der Waals surface area contributed by atoms with Crippen LogP contribution in [0.3, 0.4) is 0 Å². The zero-order valence-corrected chi connectivity index (χ0v) is 23.1. The highest BCUT2D eigenvalue weighted by molar-refractivity contribution is 6.28. The number of ether oxygens (including phenoxy) is 1. The van der Waals surface area contributed by atoms with Gasteiger partial charge in [0.2, 0.25) is 23.6 Å². The van der Waals surface area contributed by atoms with Crippen molar-refractivity contribution in [2.75, 3.05) is 16.4 Å². The maximum Gasteiger partial charge on any atom is 0.334 e. The van der Waals surface area contributed by atoms with E-state index >= 15 is 0 Å². The van der Waals surface area contributed by atoms with Crippen LogP contribution >= 0.6 is 0 Å². The largest absolute Gasteiger partial charge is 0.463 e. The first-order valence-electron chi connectivity index (χ1n) is 13.5. The van der Waals surface area contributed by atoms with Gasteiger partial charge in [0.1, 0.15) is 11.4 Å². The van der Waals surface area contributed by atoms with Gasteiger partial charge in [0.25, 0.3) is 11.4 Å². The highest BCUT2D eigenvalue weighted by atomic mass is 16.6. The summed E-state index contributed by atoms with van der Waals surface area (Å²) in [5.41, 5.74) is -3.01. The van der Waals surface area contributed by atoms with Gasteiger partial charge in [-0.15, -0.1) is 0 Å². The number of anilines is 2. The summed E-state index contributed by atoms with van der Waals surface area (Å²) in [4.78, 5) is 93.8. The van der Waals surface area contributed by atoms with E-state index in [0.717, 1.165) is 21.9 Å². The molecule has 5 aliphatic rings. The van der Waals surface area contributed by atoms with Crippen LogP contribution in [0.5, 0.6) is 0 Å². The molecule has 2 saturated heterocycles. The normalized spacial score (nSPS) is 29.2. The molecule has 14 nitrogen and oxygen atoms in total. The monoisotopic (exact) mass is 588 g/mol. The van der Waals surface area contributed by atoms with Crippen LogP contribution in [0.15, 0.2) is 59.7 Å². The Labute approximate surface area is 243 Å². The molecule has 4 amide bonds. The van der Waals surface area contributed by atoms with Gasteiger partial charge in [-0.05, 0) is 26.0 Å². The van der Waals surface area contributed by atoms with Gasteiger partial charge in [-0.1, -0.05) is 36.8 Å². The van der Waals surface area contributed by atoms with Gasteiger partial charge < -0.3 is 4.74 Å². The molecule has 2 aromatic rings. The topological polar surface area (TPSA) is 187 Å². The van der Waals surface area contributed by atoms with E-state index in [4.69, 9.17) is 4.74 Å². The number of allylic oxidation sites excluding steroid dienone is 1. The first kappa shape index (κ1) is 27.9. The molecule has 220 valence electrons. The van der Waals surface area contributed by atoms with E-state index in [0.29, 0.717) is 5.57 Å². The summed E-state index contributed by atoms with van der Waals surface area (Å²) in [5.74, 6) is -10.4. The molecule has 2 heterocycles. The first-order chi connectivity index (χ1) is 20.4. The number of carbonyl (C=O) groups excluding carboxylic acids is 5. The zero-order valence-electron chi connectivity index (χ0n) is 23.1. The highest BCUT2D eigenvalue weighted by Gasteiger charge is 2.77. The number of esters is 1. The molecular formula is C29H24N4O10. The number of rotatable bonds is 6. The number of hydrogen-bond acceptors (Lipinski definition) is 10. The van der Waals surface area contributed by atoms with E-state index in [9.17, 15) is 44.2 Å². The van der Waals surface area contributed by atoms with E-state index in [-0.39, 0.29) is 23.6 Å². The predicted octanol–water partition coefficient (Wildman–Crippen LogP) is 2.94. The van der Waals surface area contributed by atoms with Crippen LogP contribution in [-0.4, -0.2) is 46.1 Å². The Morgan fingerprint density at radius 2 is 1.21 bits per heavy atom. The van der Waals surface area contributed by atoms with Crippen LogP contribution in [0.25, 0.3) is 0 Å². The Bertz CT molecular complexity index is 1630. The maximum absolute atomic E-state index is 14.2. The van der Waals surface area contributed by atoms with Crippen molar-refractivity contribution in [1.82, 2.24) is 0 Å². The zero-order chi connectivity index (χ0) is 31.1. The number of amides is 4. The molecule has 14 heteroatoms. The number of hydrogen-bond donors (Lipinski definition) is 0. The van der Waals surface area contributed by atoms with Gasteiger partial charge in [-0.25, -0.2) is 14.6 Å². The third-order valence-electron chi connectivity index (χ3n) is 9.32. The summed E-state index contributed by atoms with van der Waals surface area (Å²) in [6, 6.07) is 10.4. The Balaban J connectivity index is 1.57. The van der Waals surface area contributed by atoms with E-state index in [1.54, 1.807) is 13.8 Å². The van der Waals surface area contributed by atoms with Crippen molar-refractivity contribution >= 4 is 52.3 Å². The van der Waals surface area contributed by atoms with E-state index < -0.39 is 85.8 Å². The summed E-state index contributed by atoms with van der Waals surface area (Å²) < 4.78 is 5.32. The Hall–Kier alpha value is -5.27. The first-order valence-corrected chi connectivity index (χ1v) is 13.5. The Kier molecular flexibility index (Phi) is 6.08. The molecule has 0 N–H and O–H groups in total. The van der Waals surface area contributed by atoms with Gasteiger partial charge >= 0.3 is 5.97 Å². The molecule has 6 atom stereocenters. The Morgan fingerprint density at radius 3 is 1.60 bits per heavy atom. The van der Waals surface area contributed by atoms with Crippen LogP contribution in [0.2, 0.25) is 0 Å². The standard InChI is InChI=1S/C29H24N4O10/c1-4-43-28(38)21-13(2)18-19-22(26(36)30(24(19)34)14-9-5-7-11-16(14)32(39)40)29(21,3)23-20(18)25(35)31(27(23)37)15-10-6-8-12-17(15)33(41)42/h5-12,18-20,22-23H,4H2,1-3H3/t18?,19-,20+,22+,23-,29?. The summed E-state index contributed by atoms with van der Waals surface area (Å²) in [5, 5.41) is 23.6. The minimum atomic E-state index is -1.77. The lowest BCUT2D eigenvalue weighted by Gasteiger charge is -2.55. The minimum Gasteiger partial charge on any atom is -0.463 e. The second-order valence-electron chi connectivity index (χ2n) is 11.1. The van der Waals surface area contributed by atoms with Gasteiger partial charge in [-0.3, -0.25) is 39.4 Å². The predicted molar refractivity (Wildman–Crippen MR) is 146 cm³/mol. The molecule has 2 aliphatic heterocycles. The van der Waals surface area contributed by atoms with Gasteiger partial charge in [0.05, 0.1) is 40.1 Å². The molecule has 2 bridgehead atoms. The average molecular weight is 589 g/mol. The van der Waals surface area contributed by atoms with Gasteiger partial charge in [0, 0.05) is 29.0 Å². The molecule has 7 rings (SSSR count). The molecule has 1 saturated carbocycles. The van der Waals surface area contributed by atoms with E-state index in [1.165, 1.54) is 43.3 Å². The van der Waals surface area contributed by atoms with Crippen molar-refractivity contribution in [3.05, 3.63) is 79.9 Å². The van der Waals surface area contributed by atoms with Crippen molar-refractivity contribution in [3.8, 4) is 0 Å². The number of nitrogens with zero attached hydrogens (tertiary/aromatic N) is 4. The fourth-order valence-corrected chi connectivity index (χ4v) is 7.90. The molecule has 43 heavy (non-hydrogen) atoms. The molecule has 0 radical (unpaired) electrons. The van der Waals surface area contributed by atoms with Crippen molar-refractivity contribution in [2.45, 2.75) is 20.8 Å². The van der Waals surface area contributed by atoms with Crippen molar-refractivity contribution in [2.24, 2.45) is 35.0 Å². The molecule has 3 fully saturated rings. The fourth-order valence-electron chi connectivity index (χ4n) is 7.90. The van der Waals surface area contributed by atoms with Gasteiger partial charge in [0.15, 0.2) is 0 Å². The van der Waals surface area contributed by atoms with Crippen molar-refractivity contribution in [1.29, 1.82) is 0 Å². The fraction of sp³-hybridized carbons (Fsp3) is 0.345. The summed E-state index contributed by atoms with van der Waals surface area (Å²) in [6.07, 6.45) is 0. The number of imide groups is 2. The molecule has 2 unspecified atom stereocenters. The maximum atomic E-state index is 14.2. The quantitative estimate of drug-likeness (QED) is 0.210. The van der Waals surface area contributed by atoms with E-state index in [2.05, 4.69) is 0 Å². The highest BCUT2D eigenvalue weighted by Crippen LogP contribution is 2.69. The van der Waals surface area contributed by atoms with Crippen molar-refractivity contribution in [3.63, 3.8) is 0 Å². The molecule has 3 aliphatic carbocycles. The number of benzene rings is 2. The summed E-state index contributed by atoms with van der Waals surface area (Å²) in [7, 11) is 0. The smallest absolute Gasteiger partial charge is 0.334 e. The number of carbonyl (C=O) groups is 5. The van der Waals surface area contributed by atoms with Gasteiger partial charge in [-0.2, -0.15) is 0 Å². The second-order valence-corrected chi connectivity index (χ2v) is 11.1. The third kappa shape index (κ3) is 3.43. The average Bonchev–Trinajstić information content (AvgIpc) is 3.39. The number of nitro benzene ring substituents is 2. The lowest BCUT2D eigenvalue weighted by atomic mass is 9.43. The number of nitro groups is 2. The summed E-state index contributed by atoms with van der Waals surface area (Å²) >= 11 is 0. The van der Waals surface area contributed by atoms with Crippen LogP contribution in [0.1, 0.15) is 20.8 Å². The Morgan fingerprint density at radius 1 is 0.791 bits per heavy atom. The van der Waals surface area contributed by atoms with Crippen LogP contribution in [-0.2, 0) is 28.7 Å². The molecule has 2 aromatic carbocycles. The van der Waals surface area contributed by atoms with Crippen LogP contribution in [0.4, 0.5) is 22.7 Å². The van der Waals surface area contributed by atoms with Crippen LogP contribution in [0, 0.1) is 55.2 Å². The molecule has 0 spiro atoms. The lowest BCUT2D eigenvalue weighted by molar-refractivity contribution is -0.384. The molecular weight excluding hydrogens is 564 g/mol. The second kappa shape index (κ2) is 9.37. The summed E-state index contributed by atoms with van der Waals surface area (Å²) in [6.45, 7) is 4.53. The minimum absolute atomic E-state index is 0.0158. The van der Waals surface area contributed by atoms with Crippen LogP contribution < -0.4 is 9.80 Å². The SMILES string of the molecule is CCOC(=O)C1=C(C)C2[C@H]3C(=O)N(c4ccccc4[N+](=O)[O-])C(=O)[C@H]3C1(C)[C@H]1C(=O)N(c3ccccc3[N+](=O)[O-])C(=O)[C@@H]21.